The highest BCUT2D eigenvalue weighted by Crippen LogP contribution is 2.30. The third-order valence-electron chi connectivity index (χ3n) is 6.26. The Morgan fingerprint density at radius 1 is 1.05 bits per heavy atom. The van der Waals surface area contributed by atoms with Gasteiger partial charge in [0.15, 0.2) is 0 Å². The van der Waals surface area contributed by atoms with Gasteiger partial charge in [-0.25, -0.2) is 24.4 Å². The third-order valence-corrected chi connectivity index (χ3v) is 6.26. The summed E-state index contributed by atoms with van der Waals surface area (Å²) >= 11 is 0. The summed E-state index contributed by atoms with van der Waals surface area (Å²) in [5.41, 5.74) is 4.51. The van der Waals surface area contributed by atoms with E-state index in [1.807, 2.05) is 60.8 Å². The van der Waals surface area contributed by atoms with Gasteiger partial charge in [-0.2, -0.15) is 18.2 Å². The van der Waals surface area contributed by atoms with Gasteiger partial charge in [-0.15, -0.1) is 5.10 Å². The number of morpholine rings is 1. The van der Waals surface area contributed by atoms with E-state index in [-0.39, 0.29) is 0 Å². The Morgan fingerprint density at radius 2 is 1.79 bits per heavy atom. The number of benzene rings is 2. The van der Waals surface area contributed by atoms with Gasteiger partial charge in [0.05, 0.1) is 31.5 Å². The number of halogens is 3. The molecular weight excluding hydrogens is 569 g/mol. The van der Waals surface area contributed by atoms with E-state index in [1.54, 1.807) is 24.3 Å². The van der Waals surface area contributed by atoms with Crippen LogP contribution in [0, 0.1) is 0 Å². The molecule has 1 aliphatic heterocycles. The number of ether oxygens (including phenoxy) is 2. The molecule has 0 aliphatic carbocycles. The van der Waals surface area contributed by atoms with Crippen molar-refractivity contribution in [3.05, 3.63) is 73.3 Å². The van der Waals surface area contributed by atoms with Gasteiger partial charge in [0.1, 0.15) is 6.33 Å². The number of nitrogens with one attached hydrogen (secondary N) is 1. The highest BCUT2D eigenvalue weighted by atomic mass is 19.4. The Morgan fingerprint density at radius 3 is 2.49 bits per heavy atom. The molecule has 0 spiro atoms. The van der Waals surface area contributed by atoms with Gasteiger partial charge < -0.3 is 24.8 Å². The van der Waals surface area contributed by atoms with Crippen molar-refractivity contribution in [3.63, 3.8) is 0 Å². The Labute approximate surface area is 242 Å². The molecule has 0 radical (unpaired) electrons. The van der Waals surface area contributed by atoms with Crippen molar-refractivity contribution in [1.82, 2.24) is 29.7 Å². The molecule has 0 amide bonds. The van der Waals surface area contributed by atoms with E-state index in [2.05, 4.69) is 30.3 Å². The number of alkyl halides is 3. The van der Waals surface area contributed by atoms with Crippen molar-refractivity contribution in [2.75, 3.05) is 43.6 Å². The highest BCUT2D eigenvalue weighted by molar-refractivity contribution is 5.85. The number of rotatable bonds is 6. The minimum Gasteiger partial charge on any atom is -0.481 e. The fourth-order valence-electron chi connectivity index (χ4n) is 4.14. The summed E-state index contributed by atoms with van der Waals surface area (Å²) in [6, 6.07) is 17.8. The maximum Gasteiger partial charge on any atom is 0.490 e. The van der Waals surface area contributed by atoms with Gasteiger partial charge in [0.25, 0.3) is 0 Å². The first-order valence-electron chi connectivity index (χ1n) is 12.9. The van der Waals surface area contributed by atoms with E-state index in [4.69, 9.17) is 24.4 Å². The number of pyridine rings is 1. The van der Waals surface area contributed by atoms with E-state index in [9.17, 15) is 13.2 Å². The summed E-state index contributed by atoms with van der Waals surface area (Å²) in [6.07, 6.45) is 0.172. The molecule has 12 nitrogen and oxygen atoms in total. The molecule has 0 bridgehead atoms. The number of carboxylic acids is 1. The normalized spacial score (nSPS) is 13.3. The van der Waals surface area contributed by atoms with E-state index in [0.29, 0.717) is 31.0 Å². The van der Waals surface area contributed by atoms with Gasteiger partial charge in [-0.05, 0) is 48.0 Å². The number of hydrogen-bond donors (Lipinski definition) is 2. The number of carboxylic acid groups (broad SMARTS) is 1. The molecule has 3 aromatic heterocycles. The molecule has 1 fully saturated rings. The van der Waals surface area contributed by atoms with E-state index in [1.165, 1.54) is 0 Å². The van der Waals surface area contributed by atoms with Gasteiger partial charge in [-0.3, -0.25) is 0 Å². The maximum absolute atomic E-state index is 10.6. The van der Waals surface area contributed by atoms with Crippen molar-refractivity contribution in [3.8, 4) is 22.7 Å². The first-order chi connectivity index (χ1) is 20.7. The molecule has 1 saturated heterocycles. The summed E-state index contributed by atoms with van der Waals surface area (Å²) in [7, 11) is 1.62. The van der Waals surface area contributed by atoms with Crippen LogP contribution in [-0.2, 0) is 9.53 Å². The lowest BCUT2D eigenvalue weighted by Crippen LogP contribution is -2.37. The number of nitrogens with zero attached hydrogens (tertiary/aromatic N) is 7. The second kappa shape index (κ2) is 12.7. The number of anilines is 3. The van der Waals surface area contributed by atoms with Gasteiger partial charge >= 0.3 is 12.1 Å². The molecule has 15 heteroatoms. The van der Waals surface area contributed by atoms with Crippen LogP contribution in [0.4, 0.5) is 30.8 Å². The molecular formula is C28H25F3N8O4. The number of hydrogen-bond acceptors (Lipinski definition) is 10. The van der Waals surface area contributed by atoms with Crippen LogP contribution < -0.4 is 15.0 Å². The van der Waals surface area contributed by atoms with E-state index < -0.39 is 12.1 Å². The third kappa shape index (κ3) is 7.13. The number of aromatic nitrogens is 6. The average Bonchev–Trinajstić information content (AvgIpc) is 3.52. The van der Waals surface area contributed by atoms with Crippen LogP contribution in [0.3, 0.4) is 0 Å². The zero-order valence-corrected chi connectivity index (χ0v) is 22.7. The standard InChI is InChI=1S/C26H24N8O2.C2HF3O2/c1-35-24-22(3-2-10-27-24)18-4-5-19-16-28-25(31-23(19)15-18)30-20-6-8-21(9-7-20)34-17-29-26(32-34)33-11-13-36-14-12-33;3-2(4,5)1(6)7/h2-10,15-17H,11-14H2,1H3,(H,28,30,31);(H,6,7). The number of fused-ring (bicyclic) bond motifs is 1. The molecule has 1 aliphatic rings. The van der Waals surface area contributed by atoms with Crippen LogP contribution in [-0.4, -0.2) is 80.4 Å². The Kier molecular flexibility index (Phi) is 8.61. The second-order valence-corrected chi connectivity index (χ2v) is 9.09. The summed E-state index contributed by atoms with van der Waals surface area (Å²) in [6.45, 7) is 3.00. The lowest BCUT2D eigenvalue weighted by Gasteiger charge is -2.25. The number of methoxy groups -OCH3 is 1. The molecule has 2 aromatic carbocycles. The highest BCUT2D eigenvalue weighted by Gasteiger charge is 2.38. The average molecular weight is 595 g/mol. The molecule has 6 rings (SSSR count). The van der Waals surface area contributed by atoms with Crippen LogP contribution in [0.1, 0.15) is 0 Å². The molecule has 5 aromatic rings. The minimum atomic E-state index is -5.08. The van der Waals surface area contributed by atoms with Crippen molar-refractivity contribution >= 4 is 34.5 Å². The fourth-order valence-corrected chi connectivity index (χ4v) is 4.14. The first kappa shape index (κ1) is 29.2. The number of carbonyl (C=O) groups is 1. The molecule has 4 heterocycles. The van der Waals surface area contributed by atoms with Crippen molar-refractivity contribution in [1.29, 1.82) is 0 Å². The zero-order chi connectivity index (χ0) is 30.4. The number of aliphatic carboxylic acids is 1. The van der Waals surface area contributed by atoms with Crippen LogP contribution in [0.2, 0.25) is 0 Å². The Bertz CT molecular complexity index is 1710. The summed E-state index contributed by atoms with van der Waals surface area (Å²) < 4.78 is 44.3. The molecule has 222 valence electrons. The summed E-state index contributed by atoms with van der Waals surface area (Å²) in [4.78, 5) is 29.0. The van der Waals surface area contributed by atoms with Gasteiger partial charge in [0.2, 0.25) is 17.8 Å². The van der Waals surface area contributed by atoms with Crippen molar-refractivity contribution < 1.29 is 32.5 Å². The van der Waals surface area contributed by atoms with E-state index in [0.717, 1.165) is 46.5 Å². The quantitative estimate of drug-likeness (QED) is 0.287. The molecule has 0 saturated carbocycles. The van der Waals surface area contributed by atoms with Gasteiger partial charge in [0, 0.05) is 42.1 Å². The molecule has 43 heavy (non-hydrogen) atoms. The summed E-state index contributed by atoms with van der Waals surface area (Å²) in [5.74, 6) is -0.949. The lowest BCUT2D eigenvalue weighted by atomic mass is 10.1. The SMILES string of the molecule is COc1ncccc1-c1ccc2cnc(Nc3ccc(-n4cnc(N5CCOCC5)n4)cc3)nc2c1.O=C(O)C(F)(F)F. The molecule has 0 unspecified atom stereocenters. The van der Waals surface area contributed by atoms with Gasteiger partial charge in [-0.1, -0.05) is 12.1 Å². The molecule has 0 atom stereocenters. The molecule has 2 N–H and O–H groups in total. The zero-order valence-electron chi connectivity index (χ0n) is 22.7. The first-order valence-corrected chi connectivity index (χ1v) is 12.9. The Hall–Kier alpha value is -5.31. The van der Waals surface area contributed by atoms with Crippen molar-refractivity contribution in [2.45, 2.75) is 6.18 Å². The second-order valence-electron chi connectivity index (χ2n) is 9.09. The monoisotopic (exact) mass is 594 g/mol. The predicted molar refractivity (Wildman–Crippen MR) is 151 cm³/mol. The predicted octanol–water partition coefficient (Wildman–Crippen LogP) is 4.49. The maximum atomic E-state index is 10.6. The van der Waals surface area contributed by atoms with Crippen LogP contribution in [0.5, 0.6) is 5.88 Å². The minimum absolute atomic E-state index is 0.515. The largest absolute Gasteiger partial charge is 0.490 e. The fraction of sp³-hybridized carbons (Fsp3) is 0.214. The Balaban J connectivity index is 0.000000472. The van der Waals surface area contributed by atoms with Crippen LogP contribution in [0.15, 0.2) is 73.3 Å². The summed E-state index contributed by atoms with van der Waals surface area (Å²) in [5, 5.41) is 16.0. The topological polar surface area (TPSA) is 140 Å². The van der Waals surface area contributed by atoms with Crippen LogP contribution >= 0.6 is 0 Å². The van der Waals surface area contributed by atoms with Crippen molar-refractivity contribution in [2.24, 2.45) is 0 Å². The lowest BCUT2D eigenvalue weighted by molar-refractivity contribution is -0.192. The smallest absolute Gasteiger partial charge is 0.481 e. The van der Waals surface area contributed by atoms with E-state index >= 15 is 0 Å². The van der Waals surface area contributed by atoms with Crippen LogP contribution in [0.25, 0.3) is 27.7 Å².